The zero-order valence-electron chi connectivity index (χ0n) is 11.4. The second-order valence-corrected chi connectivity index (χ2v) is 5.62. The number of rotatable bonds is 5. The Morgan fingerprint density at radius 1 is 1.20 bits per heavy atom. The van der Waals surface area contributed by atoms with Crippen LogP contribution in [0.1, 0.15) is 37.6 Å². The summed E-state index contributed by atoms with van der Waals surface area (Å²) in [6.45, 7) is 5.42. The van der Waals surface area contributed by atoms with Crippen LogP contribution < -0.4 is 4.74 Å². The molecule has 0 aliphatic heterocycles. The Morgan fingerprint density at radius 3 is 2.25 bits per heavy atom. The molecule has 0 spiro atoms. The van der Waals surface area contributed by atoms with Gasteiger partial charge in [-0.2, -0.15) is 17.6 Å². The van der Waals surface area contributed by atoms with E-state index in [0.29, 0.717) is 0 Å². The Labute approximate surface area is 114 Å². The summed E-state index contributed by atoms with van der Waals surface area (Å²) >= 11 is 0. The van der Waals surface area contributed by atoms with Crippen LogP contribution in [0.15, 0.2) is 24.3 Å². The third kappa shape index (κ3) is 4.51. The van der Waals surface area contributed by atoms with Crippen molar-refractivity contribution in [3.8, 4) is 5.75 Å². The van der Waals surface area contributed by atoms with E-state index in [9.17, 15) is 22.4 Å². The van der Waals surface area contributed by atoms with E-state index in [-0.39, 0.29) is 17.4 Å². The van der Waals surface area contributed by atoms with Crippen molar-refractivity contribution >= 4 is 5.78 Å². The van der Waals surface area contributed by atoms with Crippen molar-refractivity contribution < 1.29 is 27.1 Å². The molecule has 0 saturated carbocycles. The molecular formula is C14H16F4O2. The van der Waals surface area contributed by atoms with Crippen LogP contribution in [0, 0.1) is 5.41 Å². The largest absolute Gasteiger partial charge is 0.461 e. The third-order valence-corrected chi connectivity index (χ3v) is 2.38. The van der Waals surface area contributed by atoms with Crippen molar-refractivity contribution in [2.24, 2.45) is 5.41 Å². The maximum Gasteiger partial charge on any atom is 0.461 e. The number of ether oxygens (including phenoxy) is 1. The average Bonchev–Trinajstić information content (AvgIpc) is 2.26. The van der Waals surface area contributed by atoms with Crippen LogP contribution in [0.25, 0.3) is 0 Å². The topological polar surface area (TPSA) is 26.3 Å². The zero-order valence-corrected chi connectivity index (χ0v) is 11.4. The number of carbonyl (C=O) groups is 1. The van der Waals surface area contributed by atoms with Crippen molar-refractivity contribution in [2.75, 3.05) is 0 Å². The van der Waals surface area contributed by atoms with Gasteiger partial charge in [-0.1, -0.05) is 32.9 Å². The molecule has 6 heteroatoms. The van der Waals surface area contributed by atoms with Gasteiger partial charge >= 0.3 is 12.5 Å². The van der Waals surface area contributed by atoms with Crippen molar-refractivity contribution in [1.29, 1.82) is 0 Å². The highest BCUT2D eigenvalue weighted by Crippen LogP contribution is 2.32. The quantitative estimate of drug-likeness (QED) is 0.588. The fourth-order valence-electron chi connectivity index (χ4n) is 1.55. The van der Waals surface area contributed by atoms with Crippen LogP contribution >= 0.6 is 0 Å². The molecule has 0 saturated heterocycles. The lowest BCUT2D eigenvalue weighted by molar-refractivity contribution is -0.253. The van der Waals surface area contributed by atoms with Gasteiger partial charge in [-0.05, 0) is 17.5 Å². The first-order valence-electron chi connectivity index (χ1n) is 6.00. The number of benzene rings is 1. The monoisotopic (exact) mass is 292 g/mol. The van der Waals surface area contributed by atoms with E-state index in [1.165, 1.54) is 18.2 Å². The Balaban J connectivity index is 3.03. The summed E-state index contributed by atoms with van der Waals surface area (Å²) in [4.78, 5) is 12.0. The smallest absolute Gasteiger partial charge is 0.428 e. The van der Waals surface area contributed by atoms with E-state index in [4.69, 9.17) is 0 Å². The molecule has 0 amide bonds. The number of carbonyl (C=O) groups excluding carboxylic acids is 1. The molecule has 0 aliphatic rings. The van der Waals surface area contributed by atoms with Crippen LogP contribution in [0.2, 0.25) is 0 Å². The molecule has 20 heavy (non-hydrogen) atoms. The molecule has 1 aromatic carbocycles. The van der Waals surface area contributed by atoms with Gasteiger partial charge in [0.05, 0.1) is 5.56 Å². The van der Waals surface area contributed by atoms with E-state index >= 15 is 0 Å². The maximum absolute atomic E-state index is 12.9. The fourth-order valence-corrected chi connectivity index (χ4v) is 1.55. The van der Waals surface area contributed by atoms with Crippen molar-refractivity contribution in [3.05, 3.63) is 29.8 Å². The minimum absolute atomic E-state index is 0.0909. The lowest BCUT2D eigenvalue weighted by Crippen LogP contribution is -2.34. The van der Waals surface area contributed by atoms with Crippen LogP contribution in [0.3, 0.4) is 0 Å². The highest BCUT2D eigenvalue weighted by Gasteiger charge is 2.44. The molecule has 2 nitrogen and oxygen atoms in total. The molecule has 1 rings (SSSR count). The molecule has 112 valence electrons. The lowest BCUT2D eigenvalue weighted by atomic mass is 9.87. The summed E-state index contributed by atoms with van der Waals surface area (Å²) in [6.07, 6.45) is -8.50. The van der Waals surface area contributed by atoms with Crippen molar-refractivity contribution in [3.63, 3.8) is 0 Å². The standard InChI is InChI=1S/C14H16F4O2/c1-13(2,3)8-10(19)9-6-4-5-7-11(9)20-14(17,18)12(15)16/h4-7,12H,8H2,1-3H3. The van der Waals surface area contributed by atoms with Crippen molar-refractivity contribution in [1.82, 2.24) is 0 Å². The van der Waals surface area contributed by atoms with Crippen LogP contribution in [0.4, 0.5) is 17.6 Å². The number of ketones is 1. The van der Waals surface area contributed by atoms with Gasteiger partial charge in [0.1, 0.15) is 5.75 Å². The summed E-state index contributed by atoms with van der Waals surface area (Å²) < 4.78 is 54.2. The second-order valence-electron chi connectivity index (χ2n) is 5.62. The molecule has 0 bridgehead atoms. The summed E-state index contributed by atoms with van der Waals surface area (Å²) in [6, 6.07) is 5.16. The third-order valence-electron chi connectivity index (χ3n) is 2.38. The number of alkyl halides is 4. The minimum Gasteiger partial charge on any atom is -0.428 e. The van der Waals surface area contributed by atoms with Crippen LogP contribution in [0.5, 0.6) is 5.75 Å². The van der Waals surface area contributed by atoms with Gasteiger partial charge in [-0.3, -0.25) is 4.79 Å². The molecule has 1 aromatic rings. The highest BCUT2D eigenvalue weighted by molar-refractivity contribution is 5.99. The van der Waals surface area contributed by atoms with E-state index in [1.54, 1.807) is 0 Å². The van der Waals surface area contributed by atoms with E-state index < -0.39 is 24.1 Å². The predicted molar refractivity (Wildman–Crippen MR) is 66.4 cm³/mol. The van der Waals surface area contributed by atoms with E-state index in [1.807, 2.05) is 20.8 Å². The molecule has 0 aromatic heterocycles. The molecule has 0 aliphatic carbocycles. The van der Waals surface area contributed by atoms with E-state index in [0.717, 1.165) is 6.07 Å². The molecule has 0 unspecified atom stereocenters. The summed E-state index contributed by atoms with van der Waals surface area (Å²) in [5.74, 6) is -0.967. The average molecular weight is 292 g/mol. The first-order chi connectivity index (χ1) is 9.03. The van der Waals surface area contributed by atoms with Gasteiger partial charge in [0, 0.05) is 6.42 Å². The lowest BCUT2D eigenvalue weighted by Gasteiger charge is -2.21. The number of Topliss-reactive ketones (excluding diaryl/α,β-unsaturated/α-hetero) is 1. The van der Waals surface area contributed by atoms with E-state index in [2.05, 4.69) is 4.74 Å². The molecular weight excluding hydrogens is 276 g/mol. The Bertz CT molecular complexity index is 478. The van der Waals surface area contributed by atoms with Gasteiger partial charge in [0.2, 0.25) is 0 Å². The highest BCUT2D eigenvalue weighted by atomic mass is 19.3. The first kappa shape index (κ1) is 16.5. The Morgan fingerprint density at radius 2 is 1.75 bits per heavy atom. The Hall–Kier alpha value is -1.59. The van der Waals surface area contributed by atoms with Crippen molar-refractivity contribution in [2.45, 2.75) is 39.7 Å². The van der Waals surface area contributed by atoms with Crippen LogP contribution in [-0.2, 0) is 0 Å². The number of halogens is 4. The number of hydrogen-bond donors (Lipinski definition) is 0. The second kappa shape index (κ2) is 5.81. The van der Waals surface area contributed by atoms with Gasteiger partial charge in [0.15, 0.2) is 5.78 Å². The molecule has 0 fully saturated rings. The van der Waals surface area contributed by atoms with Gasteiger partial charge in [0.25, 0.3) is 0 Å². The summed E-state index contributed by atoms with van der Waals surface area (Å²) in [5, 5.41) is 0. The number of hydrogen-bond acceptors (Lipinski definition) is 2. The summed E-state index contributed by atoms with van der Waals surface area (Å²) in [5.41, 5.74) is -0.474. The van der Waals surface area contributed by atoms with Gasteiger partial charge in [-0.25, -0.2) is 0 Å². The minimum atomic E-state index is -4.63. The molecule has 0 radical (unpaired) electrons. The SMILES string of the molecule is CC(C)(C)CC(=O)c1ccccc1OC(F)(F)C(F)F. The van der Waals surface area contributed by atoms with Gasteiger partial charge < -0.3 is 4.74 Å². The van der Waals surface area contributed by atoms with Gasteiger partial charge in [-0.15, -0.1) is 0 Å². The zero-order chi connectivity index (χ0) is 15.6. The molecule has 0 atom stereocenters. The van der Waals surface area contributed by atoms with Crippen LogP contribution in [-0.4, -0.2) is 18.3 Å². The molecule has 0 heterocycles. The normalized spacial score (nSPS) is 12.6. The summed E-state index contributed by atoms with van der Waals surface area (Å²) in [7, 11) is 0. The first-order valence-corrected chi connectivity index (χ1v) is 6.00. The molecule has 0 N–H and O–H groups in total. The maximum atomic E-state index is 12.9. The Kier molecular flexibility index (Phi) is 4.78. The number of para-hydroxylation sites is 1. The fraction of sp³-hybridized carbons (Fsp3) is 0.500. The predicted octanol–water partition coefficient (Wildman–Crippen LogP) is 4.54.